The lowest BCUT2D eigenvalue weighted by Gasteiger charge is -2.24. The van der Waals surface area contributed by atoms with Crippen molar-refractivity contribution in [2.45, 2.75) is 25.6 Å². The summed E-state index contributed by atoms with van der Waals surface area (Å²) >= 11 is 0. The largest absolute Gasteiger partial charge is 0.496 e. The van der Waals surface area contributed by atoms with E-state index in [4.69, 9.17) is 13.9 Å². The number of fused-ring (bicyclic) bond motifs is 1. The van der Waals surface area contributed by atoms with Gasteiger partial charge in [-0.25, -0.2) is 4.79 Å². The summed E-state index contributed by atoms with van der Waals surface area (Å²) in [6, 6.07) is 6.07. The van der Waals surface area contributed by atoms with Gasteiger partial charge in [0, 0.05) is 18.2 Å². The van der Waals surface area contributed by atoms with E-state index >= 15 is 0 Å². The molecule has 0 aliphatic rings. The summed E-state index contributed by atoms with van der Waals surface area (Å²) in [6.07, 6.45) is -1.06. The molecular formula is C15H18O6. The van der Waals surface area contributed by atoms with Crippen LogP contribution in [0.5, 0.6) is 11.5 Å². The van der Waals surface area contributed by atoms with Gasteiger partial charge in [0.15, 0.2) is 0 Å². The Morgan fingerprint density at radius 3 is 2.67 bits per heavy atom. The summed E-state index contributed by atoms with van der Waals surface area (Å²) < 4.78 is 15.8. The van der Waals surface area contributed by atoms with E-state index in [0.29, 0.717) is 22.5 Å². The molecule has 2 aromatic rings. The van der Waals surface area contributed by atoms with Crippen molar-refractivity contribution in [3.8, 4) is 11.5 Å². The standard InChI is InChI=1S/C15H18O6/c1-15(2,18)13(16)8-20-11-6-9(19-3)7-12-10(11)4-5-14(17)21-12/h4-7,13,16,18H,8H2,1-3H3/t13-/m0/s1. The van der Waals surface area contributed by atoms with Crippen molar-refractivity contribution in [1.82, 2.24) is 0 Å². The minimum absolute atomic E-state index is 0.106. The molecule has 1 aromatic carbocycles. The van der Waals surface area contributed by atoms with Gasteiger partial charge in [-0.15, -0.1) is 0 Å². The third-order valence-corrected chi connectivity index (χ3v) is 3.12. The van der Waals surface area contributed by atoms with Crippen LogP contribution in [0.25, 0.3) is 11.0 Å². The quantitative estimate of drug-likeness (QED) is 0.808. The average Bonchev–Trinajstić information content (AvgIpc) is 2.42. The second-order valence-corrected chi connectivity index (χ2v) is 5.27. The van der Waals surface area contributed by atoms with E-state index in [1.165, 1.54) is 27.0 Å². The zero-order valence-corrected chi connectivity index (χ0v) is 12.1. The number of methoxy groups -OCH3 is 1. The zero-order valence-electron chi connectivity index (χ0n) is 12.1. The molecule has 1 atom stereocenters. The van der Waals surface area contributed by atoms with Crippen molar-refractivity contribution in [3.63, 3.8) is 0 Å². The van der Waals surface area contributed by atoms with Crippen molar-refractivity contribution in [1.29, 1.82) is 0 Å². The van der Waals surface area contributed by atoms with Gasteiger partial charge in [-0.3, -0.25) is 0 Å². The fraction of sp³-hybridized carbons (Fsp3) is 0.400. The van der Waals surface area contributed by atoms with Gasteiger partial charge < -0.3 is 24.1 Å². The van der Waals surface area contributed by atoms with Crippen LogP contribution in [0.3, 0.4) is 0 Å². The van der Waals surface area contributed by atoms with Gasteiger partial charge in [-0.1, -0.05) is 0 Å². The van der Waals surface area contributed by atoms with Crippen LogP contribution in [0.4, 0.5) is 0 Å². The number of ether oxygens (including phenoxy) is 2. The van der Waals surface area contributed by atoms with E-state index in [0.717, 1.165) is 0 Å². The minimum Gasteiger partial charge on any atom is -0.496 e. The molecule has 21 heavy (non-hydrogen) atoms. The Morgan fingerprint density at radius 2 is 2.05 bits per heavy atom. The smallest absolute Gasteiger partial charge is 0.336 e. The Morgan fingerprint density at radius 1 is 1.33 bits per heavy atom. The third kappa shape index (κ3) is 3.53. The van der Waals surface area contributed by atoms with Gasteiger partial charge in [0.25, 0.3) is 0 Å². The van der Waals surface area contributed by atoms with Crippen molar-refractivity contribution < 1.29 is 24.1 Å². The average molecular weight is 294 g/mol. The van der Waals surface area contributed by atoms with Crippen LogP contribution in [0, 0.1) is 0 Å². The lowest BCUT2D eigenvalue weighted by molar-refractivity contribution is -0.0659. The zero-order chi connectivity index (χ0) is 15.6. The van der Waals surface area contributed by atoms with E-state index in [1.54, 1.807) is 18.2 Å². The molecule has 0 aliphatic heterocycles. The lowest BCUT2D eigenvalue weighted by atomic mass is 10.0. The van der Waals surface area contributed by atoms with Crippen LogP contribution in [0.2, 0.25) is 0 Å². The Labute approximate surface area is 121 Å². The summed E-state index contributed by atoms with van der Waals surface area (Å²) in [7, 11) is 1.48. The molecule has 2 rings (SSSR count). The number of hydrogen-bond acceptors (Lipinski definition) is 6. The number of rotatable bonds is 5. The summed E-state index contributed by atoms with van der Waals surface area (Å²) in [5.41, 5.74) is -1.42. The molecular weight excluding hydrogens is 276 g/mol. The molecule has 1 heterocycles. The number of hydrogen-bond donors (Lipinski definition) is 2. The highest BCUT2D eigenvalue weighted by Gasteiger charge is 2.25. The molecule has 2 N–H and O–H groups in total. The molecule has 0 unspecified atom stereocenters. The van der Waals surface area contributed by atoms with Crippen LogP contribution >= 0.6 is 0 Å². The first-order valence-corrected chi connectivity index (χ1v) is 6.46. The van der Waals surface area contributed by atoms with Gasteiger partial charge in [-0.2, -0.15) is 0 Å². The molecule has 114 valence electrons. The van der Waals surface area contributed by atoms with Gasteiger partial charge in [-0.05, 0) is 19.9 Å². The molecule has 0 saturated carbocycles. The van der Waals surface area contributed by atoms with E-state index in [-0.39, 0.29) is 6.61 Å². The highest BCUT2D eigenvalue weighted by Crippen LogP contribution is 2.30. The Hall–Kier alpha value is -2.05. The van der Waals surface area contributed by atoms with Crippen molar-refractivity contribution >= 4 is 11.0 Å². The molecule has 0 fully saturated rings. The van der Waals surface area contributed by atoms with Crippen LogP contribution in [-0.2, 0) is 0 Å². The predicted octanol–water partition coefficient (Wildman–Crippen LogP) is 1.31. The predicted molar refractivity (Wildman–Crippen MR) is 76.8 cm³/mol. The Balaban J connectivity index is 2.36. The maximum Gasteiger partial charge on any atom is 0.336 e. The number of aliphatic hydroxyl groups is 2. The summed E-state index contributed by atoms with van der Waals surface area (Å²) in [4.78, 5) is 11.3. The van der Waals surface area contributed by atoms with E-state index < -0.39 is 17.3 Å². The molecule has 0 amide bonds. The van der Waals surface area contributed by atoms with Crippen LogP contribution in [0.1, 0.15) is 13.8 Å². The highest BCUT2D eigenvalue weighted by molar-refractivity contribution is 5.85. The monoisotopic (exact) mass is 294 g/mol. The Bertz CT molecular complexity index is 683. The fourth-order valence-corrected chi connectivity index (χ4v) is 1.73. The first-order valence-electron chi connectivity index (χ1n) is 6.46. The maximum absolute atomic E-state index is 11.3. The third-order valence-electron chi connectivity index (χ3n) is 3.12. The van der Waals surface area contributed by atoms with Gasteiger partial charge >= 0.3 is 5.63 Å². The molecule has 6 heteroatoms. The second-order valence-electron chi connectivity index (χ2n) is 5.27. The Kier molecular flexibility index (Phi) is 4.20. The normalized spacial score (nSPS) is 13.2. The molecule has 0 aliphatic carbocycles. The first-order chi connectivity index (χ1) is 9.81. The van der Waals surface area contributed by atoms with Crippen LogP contribution < -0.4 is 15.1 Å². The maximum atomic E-state index is 11.3. The molecule has 0 radical (unpaired) electrons. The molecule has 0 spiro atoms. The van der Waals surface area contributed by atoms with E-state index in [1.807, 2.05) is 0 Å². The molecule has 0 bridgehead atoms. The highest BCUT2D eigenvalue weighted by atomic mass is 16.5. The van der Waals surface area contributed by atoms with Gasteiger partial charge in [0.1, 0.15) is 29.8 Å². The summed E-state index contributed by atoms with van der Waals surface area (Å²) in [5, 5.41) is 20.1. The van der Waals surface area contributed by atoms with Crippen molar-refractivity contribution in [3.05, 3.63) is 34.7 Å². The SMILES string of the molecule is COc1cc(OC[C@H](O)C(C)(C)O)c2ccc(=O)oc2c1. The second kappa shape index (κ2) is 5.75. The molecule has 1 aromatic heterocycles. The number of aliphatic hydroxyl groups excluding tert-OH is 1. The lowest BCUT2D eigenvalue weighted by Crippen LogP contribution is -2.40. The number of benzene rings is 1. The topological polar surface area (TPSA) is 89.1 Å². The molecule has 0 saturated heterocycles. The van der Waals surface area contributed by atoms with E-state index in [2.05, 4.69) is 0 Å². The van der Waals surface area contributed by atoms with Crippen molar-refractivity contribution in [2.75, 3.05) is 13.7 Å². The van der Waals surface area contributed by atoms with Crippen LogP contribution in [0.15, 0.2) is 33.5 Å². The van der Waals surface area contributed by atoms with E-state index in [9.17, 15) is 15.0 Å². The first kappa shape index (κ1) is 15.3. The summed E-state index contributed by atoms with van der Waals surface area (Å²) in [6.45, 7) is 2.87. The summed E-state index contributed by atoms with van der Waals surface area (Å²) in [5.74, 6) is 0.862. The van der Waals surface area contributed by atoms with Gasteiger partial charge in [0.2, 0.25) is 0 Å². The fourth-order valence-electron chi connectivity index (χ4n) is 1.73. The molecule has 6 nitrogen and oxygen atoms in total. The minimum atomic E-state index is -1.28. The van der Waals surface area contributed by atoms with Crippen molar-refractivity contribution in [2.24, 2.45) is 0 Å². The van der Waals surface area contributed by atoms with Crippen LogP contribution in [-0.4, -0.2) is 35.6 Å². The van der Waals surface area contributed by atoms with Gasteiger partial charge in [0.05, 0.1) is 18.1 Å².